The molecule has 31 heavy (non-hydrogen) atoms. The summed E-state index contributed by atoms with van der Waals surface area (Å²) in [6, 6.07) is 18.7. The van der Waals surface area contributed by atoms with Crippen molar-refractivity contribution in [2.75, 3.05) is 20.2 Å². The maximum absolute atomic E-state index is 13.0. The Kier molecular flexibility index (Phi) is 5.90. The average molecular weight is 422 g/mol. The second-order valence-electron chi connectivity index (χ2n) is 7.78. The normalized spacial score (nSPS) is 21.8. The molecule has 8 nitrogen and oxygen atoms in total. The van der Waals surface area contributed by atoms with Crippen molar-refractivity contribution in [3.63, 3.8) is 0 Å². The lowest BCUT2D eigenvalue weighted by atomic mass is 10.1. The van der Waals surface area contributed by atoms with Crippen LogP contribution in [0.15, 0.2) is 60.7 Å². The van der Waals surface area contributed by atoms with E-state index in [4.69, 9.17) is 4.74 Å². The van der Waals surface area contributed by atoms with Gasteiger partial charge in [0.2, 0.25) is 11.8 Å². The largest absolute Gasteiger partial charge is 0.452 e. The van der Waals surface area contributed by atoms with Crippen molar-refractivity contribution in [1.82, 2.24) is 19.8 Å². The zero-order valence-corrected chi connectivity index (χ0v) is 17.7. The van der Waals surface area contributed by atoms with Crippen molar-refractivity contribution in [2.45, 2.75) is 32.2 Å². The minimum absolute atomic E-state index is 0.00318. The Hall–Kier alpha value is -3.39. The summed E-state index contributed by atoms with van der Waals surface area (Å²) in [6.45, 7) is 2.72. The molecule has 1 unspecified atom stereocenters. The van der Waals surface area contributed by atoms with E-state index in [1.54, 1.807) is 16.8 Å². The fourth-order valence-electron chi connectivity index (χ4n) is 4.30. The maximum Gasteiger partial charge on any atom is 0.426 e. The highest BCUT2D eigenvalue weighted by molar-refractivity contribution is 5.90. The van der Waals surface area contributed by atoms with E-state index in [9.17, 15) is 14.4 Å². The van der Waals surface area contributed by atoms with Gasteiger partial charge in [0, 0.05) is 13.1 Å². The van der Waals surface area contributed by atoms with Gasteiger partial charge >= 0.3 is 6.09 Å². The number of benzene rings is 2. The fraction of sp³-hybridized carbons (Fsp3) is 0.348. The van der Waals surface area contributed by atoms with Crippen molar-refractivity contribution in [3.8, 4) is 0 Å². The van der Waals surface area contributed by atoms with Gasteiger partial charge in [-0.1, -0.05) is 60.7 Å². The second kappa shape index (κ2) is 8.77. The van der Waals surface area contributed by atoms with Gasteiger partial charge in [-0.3, -0.25) is 9.59 Å². The highest BCUT2D eigenvalue weighted by Gasteiger charge is 2.50. The molecule has 2 aromatic carbocycles. The SMILES string of the molecule is COC(=O)N1C2CN(Cc3ccccc3)C(=O)[C@H](C)N2C(=O)CN1Cc1ccccc1. The highest BCUT2D eigenvalue weighted by atomic mass is 16.5. The molecule has 2 heterocycles. The number of carbonyl (C=O) groups is 3. The first-order valence-corrected chi connectivity index (χ1v) is 10.3. The number of hydrazine groups is 1. The number of nitrogens with zero attached hydrogens (tertiary/aromatic N) is 4. The zero-order chi connectivity index (χ0) is 22.0. The molecule has 0 N–H and O–H groups in total. The lowest BCUT2D eigenvalue weighted by molar-refractivity contribution is -0.194. The van der Waals surface area contributed by atoms with E-state index >= 15 is 0 Å². The van der Waals surface area contributed by atoms with Crippen LogP contribution in [0.1, 0.15) is 18.1 Å². The molecule has 0 aliphatic carbocycles. The summed E-state index contributed by atoms with van der Waals surface area (Å²) in [6.07, 6.45) is -1.19. The second-order valence-corrected chi connectivity index (χ2v) is 7.78. The van der Waals surface area contributed by atoms with Gasteiger partial charge in [0.1, 0.15) is 12.2 Å². The summed E-state index contributed by atoms with van der Waals surface area (Å²) >= 11 is 0. The third-order valence-corrected chi connectivity index (χ3v) is 5.77. The molecule has 2 saturated heterocycles. The molecule has 2 fully saturated rings. The standard InChI is InChI=1S/C23H26N4O4/c1-17-22(29)24(13-18-9-5-3-6-10-18)15-20-26(17)21(28)16-25(27(20)23(30)31-2)14-19-11-7-4-8-12-19/h3-12,17,20H,13-16H2,1-2H3/t17-,20?/m0/s1. The number of hydrogen-bond acceptors (Lipinski definition) is 5. The summed E-state index contributed by atoms with van der Waals surface area (Å²) in [5.74, 6) is -0.309. The Morgan fingerprint density at radius 1 is 0.968 bits per heavy atom. The van der Waals surface area contributed by atoms with Crippen LogP contribution in [0.4, 0.5) is 4.79 Å². The molecule has 162 valence electrons. The van der Waals surface area contributed by atoms with Gasteiger partial charge in [-0.15, -0.1) is 0 Å². The summed E-state index contributed by atoms with van der Waals surface area (Å²) in [5.41, 5.74) is 1.96. The third-order valence-electron chi connectivity index (χ3n) is 5.77. The summed E-state index contributed by atoms with van der Waals surface area (Å²) in [7, 11) is 1.32. The zero-order valence-electron chi connectivity index (χ0n) is 17.7. The van der Waals surface area contributed by atoms with Crippen molar-refractivity contribution >= 4 is 17.9 Å². The van der Waals surface area contributed by atoms with E-state index in [1.807, 2.05) is 60.7 Å². The van der Waals surface area contributed by atoms with Gasteiger partial charge < -0.3 is 14.5 Å². The number of rotatable bonds is 4. The molecule has 2 aliphatic rings. The maximum atomic E-state index is 13.0. The number of ether oxygens (including phenoxy) is 1. The van der Waals surface area contributed by atoms with Gasteiger partial charge in [0.25, 0.3) is 0 Å². The number of carbonyl (C=O) groups excluding carboxylic acids is 3. The molecule has 4 rings (SSSR count). The molecule has 2 aliphatic heterocycles. The van der Waals surface area contributed by atoms with Crippen LogP contribution in [-0.2, 0) is 27.4 Å². The van der Waals surface area contributed by atoms with E-state index in [-0.39, 0.29) is 24.9 Å². The van der Waals surface area contributed by atoms with Gasteiger partial charge in [-0.05, 0) is 18.1 Å². The molecule has 3 amide bonds. The Bertz CT molecular complexity index is 953. The summed E-state index contributed by atoms with van der Waals surface area (Å²) < 4.78 is 5.06. The number of hydrogen-bond donors (Lipinski definition) is 0. The van der Waals surface area contributed by atoms with E-state index in [1.165, 1.54) is 17.0 Å². The monoisotopic (exact) mass is 422 g/mol. The van der Waals surface area contributed by atoms with Crippen LogP contribution in [0.2, 0.25) is 0 Å². The molecule has 2 atom stereocenters. The van der Waals surface area contributed by atoms with Crippen LogP contribution in [0.3, 0.4) is 0 Å². The quantitative estimate of drug-likeness (QED) is 0.754. The van der Waals surface area contributed by atoms with Crippen LogP contribution in [0, 0.1) is 0 Å². The number of fused-ring (bicyclic) bond motifs is 1. The molecule has 2 aromatic rings. The number of amides is 3. The topological polar surface area (TPSA) is 73.4 Å². The predicted molar refractivity (Wildman–Crippen MR) is 113 cm³/mol. The van der Waals surface area contributed by atoms with Crippen LogP contribution in [-0.4, -0.2) is 70.1 Å². The summed E-state index contributed by atoms with van der Waals surface area (Å²) in [5, 5.41) is 3.18. The molecule has 0 saturated carbocycles. The highest BCUT2D eigenvalue weighted by Crippen LogP contribution is 2.28. The van der Waals surface area contributed by atoms with Crippen LogP contribution in [0.25, 0.3) is 0 Å². The Labute approximate surface area is 181 Å². The minimum Gasteiger partial charge on any atom is -0.452 e. The number of methoxy groups -OCH3 is 1. The predicted octanol–water partition coefficient (Wildman–Crippen LogP) is 2.07. The van der Waals surface area contributed by atoms with E-state index in [0.29, 0.717) is 13.1 Å². The lowest BCUT2D eigenvalue weighted by Crippen LogP contribution is -2.74. The molecule has 0 aromatic heterocycles. The smallest absolute Gasteiger partial charge is 0.426 e. The van der Waals surface area contributed by atoms with Crippen LogP contribution >= 0.6 is 0 Å². The lowest BCUT2D eigenvalue weighted by Gasteiger charge is -2.54. The molecular weight excluding hydrogens is 396 g/mol. The van der Waals surface area contributed by atoms with Crippen molar-refractivity contribution in [1.29, 1.82) is 0 Å². The van der Waals surface area contributed by atoms with Crippen LogP contribution in [0.5, 0.6) is 0 Å². The molecule has 0 radical (unpaired) electrons. The van der Waals surface area contributed by atoms with E-state index in [2.05, 4.69) is 0 Å². The molecular formula is C23H26N4O4. The Morgan fingerprint density at radius 2 is 1.55 bits per heavy atom. The molecule has 0 bridgehead atoms. The Balaban J connectivity index is 1.64. The first-order chi connectivity index (χ1) is 15.0. The van der Waals surface area contributed by atoms with E-state index < -0.39 is 18.3 Å². The first-order valence-electron chi connectivity index (χ1n) is 10.3. The van der Waals surface area contributed by atoms with Gasteiger partial charge in [0.05, 0.1) is 20.2 Å². The number of piperazine rings is 1. The van der Waals surface area contributed by atoms with Gasteiger partial charge in [-0.25, -0.2) is 9.80 Å². The average Bonchev–Trinajstić information content (AvgIpc) is 2.78. The molecule has 0 spiro atoms. The minimum atomic E-state index is -0.666. The fourth-order valence-corrected chi connectivity index (χ4v) is 4.30. The molecule has 8 heteroatoms. The van der Waals surface area contributed by atoms with Gasteiger partial charge in [-0.2, -0.15) is 5.01 Å². The van der Waals surface area contributed by atoms with Crippen molar-refractivity contribution in [2.24, 2.45) is 0 Å². The van der Waals surface area contributed by atoms with Crippen LogP contribution < -0.4 is 0 Å². The van der Waals surface area contributed by atoms with E-state index in [0.717, 1.165) is 11.1 Å². The first kappa shape index (κ1) is 20.9. The summed E-state index contributed by atoms with van der Waals surface area (Å²) in [4.78, 5) is 42.1. The Morgan fingerprint density at radius 3 is 2.13 bits per heavy atom. The van der Waals surface area contributed by atoms with Gasteiger partial charge in [0.15, 0.2) is 0 Å². The van der Waals surface area contributed by atoms with Crippen molar-refractivity contribution in [3.05, 3.63) is 71.8 Å². The van der Waals surface area contributed by atoms with Crippen molar-refractivity contribution < 1.29 is 19.1 Å². The third kappa shape index (κ3) is 4.11.